The van der Waals surface area contributed by atoms with Crippen molar-refractivity contribution in [3.63, 3.8) is 0 Å². The fraction of sp³-hybridized carbons (Fsp3) is 0. The molecule has 0 saturated heterocycles. The van der Waals surface area contributed by atoms with Crippen LogP contribution in [0.15, 0.2) is 24.5 Å². The molecule has 0 saturated carbocycles. The second-order valence-electron chi connectivity index (χ2n) is 2.40. The van der Waals surface area contributed by atoms with Crippen molar-refractivity contribution >= 4 is 6.29 Å². The summed E-state index contributed by atoms with van der Waals surface area (Å²) in [6, 6.07) is 3.55. The third-order valence-electron chi connectivity index (χ3n) is 1.55. The minimum absolute atomic E-state index is 0.229. The van der Waals surface area contributed by atoms with Crippen LogP contribution in [0.4, 0.5) is 0 Å². The van der Waals surface area contributed by atoms with Crippen molar-refractivity contribution in [3.05, 3.63) is 30.4 Å². The third-order valence-corrected chi connectivity index (χ3v) is 1.55. The number of aromatic amines is 1. The molecule has 2 rings (SSSR count). The summed E-state index contributed by atoms with van der Waals surface area (Å²) < 4.78 is 0. The first kappa shape index (κ1) is 7.60. The average Bonchev–Trinajstić information content (AvgIpc) is 2.67. The largest absolute Gasteiger partial charge is 0.294 e. The van der Waals surface area contributed by atoms with Gasteiger partial charge in [-0.1, -0.05) is 0 Å². The Morgan fingerprint density at radius 1 is 1.31 bits per heavy atom. The number of hydrogen-bond donors (Lipinski definition) is 1. The van der Waals surface area contributed by atoms with Gasteiger partial charge in [-0.2, -0.15) is 5.10 Å². The molecule has 0 unspecified atom stereocenters. The lowest BCUT2D eigenvalue weighted by Gasteiger charge is -1.90. The number of H-pyrrole nitrogens is 1. The molecular formula is C8H6N4O. The van der Waals surface area contributed by atoms with Gasteiger partial charge in [-0.05, 0) is 12.1 Å². The molecule has 0 atom stereocenters. The minimum atomic E-state index is 0.229. The second-order valence-corrected chi connectivity index (χ2v) is 2.40. The van der Waals surface area contributed by atoms with Crippen LogP contribution >= 0.6 is 0 Å². The SMILES string of the molecule is O=Cc1nc(-c2ccncc2)n[nH]1. The maximum Gasteiger partial charge on any atom is 0.189 e. The molecule has 0 spiro atoms. The van der Waals surface area contributed by atoms with Gasteiger partial charge < -0.3 is 0 Å². The molecule has 2 aromatic heterocycles. The Balaban J connectivity index is 2.41. The van der Waals surface area contributed by atoms with Crippen LogP contribution in [-0.2, 0) is 0 Å². The molecule has 64 valence electrons. The number of pyridine rings is 1. The first-order valence-electron chi connectivity index (χ1n) is 3.68. The molecule has 0 fully saturated rings. The number of hydrogen-bond acceptors (Lipinski definition) is 4. The van der Waals surface area contributed by atoms with E-state index >= 15 is 0 Å². The average molecular weight is 174 g/mol. The zero-order chi connectivity index (χ0) is 9.10. The van der Waals surface area contributed by atoms with Crippen LogP contribution < -0.4 is 0 Å². The van der Waals surface area contributed by atoms with Gasteiger partial charge in [0.15, 0.2) is 17.9 Å². The fourth-order valence-electron chi connectivity index (χ4n) is 0.957. The van der Waals surface area contributed by atoms with E-state index in [1.807, 2.05) is 0 Å². The van der Waals surface area contributed by atoms with E-state index in [2.05, 4.69) is 20.2 Å². The number of aldehydes is 1. The van der Waals surface area contributed by atoms with E-state index in [0.717, 1.165) is 5.56 Å². The molecule has 0 aliphatic heterocycles. The Morgan fingerprint density at radius 2 is 2.08 bits per heavy atom. The highest BCUT2D eigenvalue weighted by Crippen LogP contribution is 2.11. The Labute approximate surface area is 73.9 Å². The van der Waals surface area contributed by atoms with Crippen LogP contribution in [-0.4, -0.2) is 26.5 Å². The number of nitrogens with zero attached hydrogens (tertiary/aromatic N) is 3. The first-order chi connectivity index (χ1) is 6.40. The van der Waals surface area contributed by atoms with Crippen LogP contribution in [0.5, 0.6) is 0 Å². The summed E-state index contributed by atoms with van der Waals surface area (Å²) in [6.45, 7) is 0. The zero-order valence-corrected chi connectivity index (χ0v) is 6.64. The molecule has 0 radical (unpaired) electrons. The van der Waals surface area contributed by atoms with Crippen LogP contribution in [0.25, 0.3) is 11.4 Å². The molecule has 0 aromatic carbocycles. The van der Waals surface area contributed by atoms with Gasteiger partial charge in [0.2, 0.25) is 0 Å². The van der Waals surface area contributed by atoms with E-state index < -0.39 is 0 Å². The predicted octanol–water partition coefficient (Wildman–Crippen LogP) is 0.679. The van der Waals surface area contributed by atoms with Crippen LogP contribution in [0.3, 0.4) is 0 Å². The van der Waals surface area contributed by atoms with Crippen molar-refractivity contribution in [2.24, 2.45) is 0 Å². The summed E-state index contributed by atoms with van der Waals surface area (Å²) in [5.41, 5.74) is 0.833. The molecule has 0 amide bonds. The molecule has 1 N–H and O–H groups in total. The number of carbonyl (C=O) groups is 1. The normalized spacial score (nSPS) is 9.85. The van der Waals surface area contributed by atoms with E-state index in [1.165, 1.54) is 0 Å². The molecule has 0 aliphatic carbocycles. The smallest absolute Gasteiger partial charge is 0.189 e. The predicted molar refractivity (Wildman–Crippen MR) is 45.0 cm³/mol. The molecule has 0 aliphatic rings. The highest BCUT2D eigenvalue weighted by Gasteiger charge is 2.03. The number of rotatable bonds is 2. The minimum Gasteiger partial charge on any atom is -0.294 e. The standard InChI is InChI=1S/C8H6N4O/c13-5-7-10-8(12-11-7)6-1-3-9-4-2-6/h1-5H,(H,10,11,12). The van der Waals surface area contributed by atoms with Gasteiger partial charge in [0, 0.05) is 18.0 Å². The van der Waals surface area contributed by atoms with Gasteiger partial charge in [-0.25, -0.2) is 4.98 Å². The van der Waals surface area contributed by atoms with E-state index in [9.17, 15) is 4.79 Å². The van der Waals surface area contributed by atoms with Gasteiger partial charge in [-0.3, -0.25) is 14.9 Å². The van der Waals surface area contributed by atoms with Crippen LogP contribution in [0, 0.1) is 0 Å². The van der Waals surface area contributed by atoms with Gasteiger partial charge >= 0.3 is 0 Å². The van der Waals surface area contributed by atoms with Gasteiger partial charge in [0.05, 0.1) is 0 Å². The van der Waals surface area contributed by atoms with E-state index in [0.29, 0.717) is 12.1 Å². The second kappa shape index (κ2) is 3.14. The highest BCUT2D eigenvalue weighted by molar-refractivity contribution is 5.70. The Hall–Kier alpha value is -2.04. The maximum atomic E-state index is 10.3. The van der Waals surface area contributed by atoms with E-state index in [1.54, 1.807) is 24.5 Å². The van der Waals surface area contributed by atoms with Crippen molar-refractivity contribution in [2.75, 3.05) is 0 Å². The van der Waals surface area contributed by atoms with Crippen molar-refractivity contribution < 1.29 is 4.79 Å². The van der Waals surface area contributed by atoms with E-state index in [-0.39, 0.29) is 5.82 Å². The monoisotopic (exact) mass is 174 g/mol. The summed E-state index contributed by atoms with van der Waals surface area (Å²) >= 11 is 0. The van der Waals surface area contributed by atoms with Crippen molar-refractivity contribution in [2.45, 2.75) is 0 Å². The molecule has 5 heteroatoms. The fourth-order valence-corrected chi connectivity index (χ4v) is 0.957. The molecule has 5 nitrogen and oxygen atoms in total. The maximum absolute atomic E-state index is 10.3. The van der Waals surface area contributed by atoms with E-state index in [4.69, 9.17) is 0 Å². The van der Waals surface area contributed by atoms with Crippen LogP contribution in [0.1, 0.15) is 10.6 Å². The van der Waals surface area contributed by atoms with Crippen molar-refractivity contribution in [1.29, 1.82) is 0 Å². The quantitative estimate of drug-likeness (QED) is 0.679. The topological polar surface area (TPSA) is 71.5 Å². The Bertz CT molecular complexity index is 409. The Kier molecular flexibility index (Phi) is 1.84. The lowest BCUT2D eigenvalue weighted by molar-refractivity contribution is 0.111. The summed E-state index contributed by atoms with van der Waals surface area (Å²) in [4.78, 5) is 18.1. The summed E-state index contributed by atoms with van der Waals surface area (Å²) in [5.74, 6) is 0.733. The van der Waals surface area contributed by atoms with Gasteiger partial charge in [-0.15, -0.1) is 0 Å². The van der Waals surface area contributed by atoms with Crippen molar-refractivity contribution in [1.82, 2.24) is 20.2 Å². The van der Waals surface area contributed by atoms with Gasteiger partial charge in [0.1, 0.15) is 0 Å². The molecule has 2 heterocycles. The Morgan fingerprint density at radius 3 is 2.69 bits per heavy atom. The molecule has 13 heavy (non-hydrogen) atoms. The summed E-state index contributed by atoms with van der Waals surface area (Å²) in [7, 11) is 0. The summed E-state index contributed by atoms with van der Waals surface area (Å²) in [6.07, 6.45) is 3.91. The number of carbonyl (C=O) groups excluding carboxylic acids is 1. The first-order valence-corrected chi connectivity index (χ1v) is 3.68. The number of nitrogens with one attached hydrogen (secondary N) is 1. The van der Waals surface area contributed by atoms with Gasteiger partial charge in [0.25, 0.3) is 0 Å². The number of aromatic nitrogens is 4. The molecule has 2 aromatic rings. The lowest BCUT2D eigenvalue weighted by atomic mass is 10.3. The third kappa shape index (κ3) is 1.44. The van der Waals surface area contributed by atoms with Crippen LogP contribution in [0.2, 0.25) is 0 Å². The molecular weight excluding hydrogens is 168 g/mol. The lowest BCUT2D eigenvalue weighted by Crippen LogP contribution is -1.82. The van der Waals surface area contributed by atoms with Crippen molar-refractivity contribution in [3.8, 4) is 11.4 Å². The summed E-state index contributed by atoms with van der Waals surface area (Å²) in [5, 5.41) is 6.37. The molecule has 0 bridgehead atoms. The zero-order valence-electron chi connectivity index (χ0n) is 6.64. The highest BCUT2D eigenvalue weighted by atomic mass is 16.1.